The Balaban J connectivity index is 3.72. The van der Waals surface area contributed by atoms with E-state index in [1.54, 1.807) is 11.8 Å². The maximum absolute atomic E-state index is 5.59. The third kappa shape index (κ3) is 6.61. The largest absolute Gasteiger partial charge is 0.353 e. The zero-order chi connectivity index (χ0) is 10.1. The van der Waals surface area contributed by atoms with E-state index in [0.717, 1.165) is 5.75 Å². The summed E-state index contributed by atoms with van der Waals surface area (Å²) < 4.78 is 10.9. The molecule has 0 amide bonds. The second kappa shape index (κ2) is 9.13. The highest BCUT2D eigenvalue weighted by atomic mass is 35.5. The molecule has 0 fully saturated rings. The lowest BCUT2D eigenvalue weighted by Crippen LogP contribution is -2.27. The minimum absolute atomic E-state index is 0.0780. The molecular formula is C9H19ClO2S. The summed E-state index contributed by atoms with van der Waals surface area (Å²) in [4.78, 5) is 0. The number of alkyl halides is 1. The van der Waals surface area contributed by atoms with Crippen LogP contribution >= 0.6 is 23.4 Å². The molecule has 0 aliphatic heterocycles. The van der Waals surface area contributed by atoms with Gasteiger partial charge in [-0.2, -0.15) is 0 Å². The van der Waals surface area contributed by atoms with Gasteiger partial charge in [0, 0.05) is 24.9 Å². The number of thioether (sulfide) groups is 1. The van der Waals surface area contributed by atoms with Crippen LogP contribution in [0.3, 0.4) is 0 Å². The molecule has 0 saturated heterocycles. The number of rotatable bonds is 8. The number of halogens is 1. The van der Waals surface area contributed by atoms with E-state index < -0.39 is 0 Å². The standard InChI is InChI=1S/C9H19ClO2S/c1-4-11-9(12-5-2)8(3)6-13-7-10/h8-9H,4-7H2,1-3H3/t8-/m1/s1. The fourth-order valence-corrected chi connectivity index (χ4v) is 1.90. The first-order chi connectivity index (χ1) is 6.26. The van der Waals surface area contributed by atoms with Crippen molar-refractivity contribution in [3.63, 3.8) is 0 Å². The molecule has 0 aromatic heterocycles. The van der Waals surface area contributed by atoms with E-state index in [9.17, 15) is 0 Å². The Labute approximate surface area is 90.3 Å². The summed E-state index contributed by atoms with van der Waals surface area (Å²) in [6.45, 7) is 7.47. The zero-order valence-corrected chi connectivity index (χ0v) is 10.2. The van der Waals surface area contributed by atoms with Crippen LogP contribution in [0.15, 0.2) is 0 Å². The van der Waals surface area contributed by atoms with Gasteiger partial charge in [0.15, 0.2) is 6.29 Å². The number of ether oxygens (including phenoxy) is 2. The summed E-state index contributed by atoms with van der Waals surface area (Å²) in [7, 11) is 0. The quantitative estimate of drug-likeness (QED) is 0.468. The van der Waals surface area contributed by atoms with Gasteiger partial charge in [-0.1, -0.05) is 6.92 Å². The summed E-state index contributed by atoms with van der Waals surface area (Å²) in [6.07, 6.45) is -0.0780. The molecule has 0 aromatic rings. The van der Waals surface area contributed by atoms with E-state index >= 15 is 0 Å². The first-order valence-electron chi connectivity index (χ1n) is 4.63. The molecule has 0 aliphatic carbocycles. The molecule has 0 unspecified atom stereocenters. The maximum Gasteiger partial charge on any atom is 0.160 e. The topological polar surface area (TPSA) is 18.5 Å². The lowest BCUT2D eigenvalue weighted by Gasteiger charge is -2.22. The van der Waals surface area contributed by atoms with Gasteiger partial charge in [-0.3, -0.25) is 0 Å². The Bertz CT molecular complexity index is 108. The van der Waals surface area contributed by atoms with Crippen LogP contribution in [-0.4, -0.2) is 30.5 Å². The molecule has 0 aromatic carbocycles. The second-order valence-corrected chi connectivity index (χ2v) is 4.35. The highest BCUT2D eigenvalue weighted by Crippen LogP contribution is 2.16. The van der Waals surface area contributed by atoms with Crippen molar-refractivity contribution in [2.45, 2.75) is 27.1 Å². The SMILES string of the molecule is CCOC(OCC)[C@H](C)CSCCl. The van der Waals surface area contributed by atoms with Crippen LogP contribution < -0.4 is 0 Å². The third-order valence-electron chi connectivity index (χ3n) is 1.58. The Hall–Kier alpha value is 0.560. The molecule has 2 nitrogen and oxygen atoms in total. The minimum Gasteiger partial charge on any atom is -0.353 e. The summed E-state index contributed by atoms with van der Waals surface area (Å²) in [6, 6.07) is 0. The molecule has 0 spiro atoms. The van der Waals surface area contributed by atoms with Crippen LogP contribution in [0.4, 0.5) is 0 Å². The Morgan fingerprint density at radius 3 is 2.15 bits per heavy atom. The molecule has 1 atom stereocenters. The van der Waals surface area contributed by atoms with Crippen molar-refractivity contribution in [3.8, 4) is 0 Å². The van der Waals surface area contributed by atoms with Crippen LogP contribution in [-0.2, 0) is 9.47 Å². The highest BCUT2D eigenvalue weighted by Gasteiger charge is 2.16. The highest BCUT2D eigenvalue weighted by molar-refractivity contribution is 8.00. The van der Waals surface area contributed by atoms with E-state index in [1.807, 2.05) is 13.8 Å². The van der Waals surface area contributed by atoms with Gasteiger partial charge in [-0.15, -0.1) is 23.4 Å². The lowest BCUT2D eigenvalue weighted by atomic mass is 10.2. The Kier molecular flexibility index (Phi) is 9.52. The molecule has 0 heterocycles. The van der Waals surface area contributed by atoms with Gasteiger partial charge in [0.05, 0.1) is 5.21 Å². The predicted molar refractivity (Wildman–Crippen MR) is 59.4 cm³/mol. The van der Waals surface area contributed by atoms with Crippen molar-refractivity contribution in [2.75, 3.05) is 24.2 Å². The third-order valence-corrected chi connectivity index (χ3v) is 2.96. The average Bonchev–Trinajstić information content (AvgIpc) is 2.14. The first kappa shape index (κ1) is 13.6. The monoisotopic (exact) mass is 226 g/mol. The lowest BCUT2D eigenvalue weighted by molar-refractivity contribution is -0.158. The van der Waals surface area contributed by atoms with Gasteiger partial charge in [0.1, 0.15) is 0 Å². The smallest absolute Gasteiger partial charge is 0.160 e. The molecule has 13 heavy (non-hydrogen) atoms. The van der Waals surface area contributed by atoms with Crippen LogP contribution in [0, 0.1) is 5.92 Å². The molecule has 0 bridgehead atoms. The van der Waals surface area contributed by atoms with Crippen LogP contribution in [0.5, 0.6) is 0 Å². The van der Waals surface area contributed by atoms with Gasteiger partial charge in [-0.25, -0.2) is 0 Å². The van der Waals surface area contributed by atoms with Crippen LogP contribution in [0.1, 0.15) is 20.8 Å². The summed E-state index contributed by atoms with van der Waals surface area (Å²) >= 11 is 7.29. The Morgan fingerprint density at radius 1 is 1.23 bits per heavy atom. The average molecular weight is 227 g/mol. The normalized spacial score (nSPS) is 13.6. The molecular weight excluding hydrogens is 208 g/mol. The first-order valence-corrected chi connectivity index (χ1v) is 6.32. The van der Waals surface area contributed by atoms with Gasteiger partial charge >= 0.3 is 0 Å². The van der Waals surface area contributed by atoms with Crippen molar-refractivity contribution in [1.29, 1.82) is 0 Å². The number of hydrogen-bond acceptors (Lipinski definition) is 3. The molecule has 0 N–H and O–H groups in total. The van der Waals surface area contributed by atoms with E-state index in [-0.39, 0.29) is 6.29 Å². The van der Waals surface area contributed by atoms with Crippen molar-refractivity contribution in [1.82, 2.24) is 0 Å². The van der Waals surface area contributed by atoms with Gasteiger partial charge in [0.2, 0.25) is 0 Å². The van der Waals surface area contributed by atoms with Crippen LogP contribution in [0.2, 0.25) is 0 Å². The predicted octanol–water partition coefficient (Wildman–Crippen LogP) is 2.95. The fraction of sp³-hybridized carbons (Fsp3) is 1.00. The van der Waals surface area contributed by atoms with Gasteiger partial charge < -0.3 is 9.47 Å². The molecule has 0 rings (SSSR count). The van der Waals surface area contributed by atoms with Gasteiger partial charge in [-0.05, 0) is 13.8 Å². The van der Waals surface area contributed by atoms with Gasteiger partial charge in [0.25, 0.3) is 0 Å². The van der Waals surface area contributed by atoms with Crippen molar-refractivity contribution >= 4 is 23.4 Å². The molecule has 0 aliphatic rings. The molecule has 0 radical (unpaired) electrons. The maximum atomic E-state index is 5.59. The molecule has 4 heteroatoms. The summed E-state index contributed by atoms with van der Waals surface area (Å²) in [5, 5.41) is 0.634. The second-order valence-electron chi connectivity index (χ2n) is 2.74. The molecule has 80 valence electrons. The summed E-state index contributed by atoms with van der Waals surface area (Å²) in [5.74, 6) is 1.37. The fourth-order valence-electron chi connectivity index (χ4n) is 1.01. The van der Waals surface area contributed by atoms with Crippen molar-refractivity contribution < 1.29 is 9.47 Å². The zero-order valence-electron chi connectivity index (χ0n) is 8.59. The Morgan fingerprint density at radius 2 is 1.77 bits per heavy atom. The van der Waals surface area contributed by atoms with Crippen LogP contribution in [0.25, 0.3) is 0 Å². The van der Waals surface area contributed by atoms with E-state index in [4.69, 9.17) is 21.1 Å². The number of hydrogen-bond donors (Lipinski definition) is 0. The molecule has 0 saturated carbocycles. The van der Waals surface area contributed by atoms with E-state index in [2.05, 4.69) is 6.92 Å². The van der Waals surface area contributed by atoms with E-state index in [0.29, 0.717) is 24.3 Å². The minimum atomic E-state index is -0.0780. The van der Waals surface area contributed by atoms with Crippen molar-refractivity contribution in [2.24, 2.45) is 5.92 Å². The van der Waals surface area contributed by atoms with Crippen molar-refractivity contribution in [3.05, 3.63) is 0 Å². The van der Waals surface area contributed by atoms with E-state index in [1.165, 1.54) is 0 Å². The summed E-state index contributed by atoms with van der Waals surface area (Å²) in [5.41, 5.74) is 0.